The number of allylic oxidation sites excluding steroid dienone is 2. The van der Waals surface area contributed by atoms with Crippen LogP contribution in [-0.4, -0.2) is 5.78 Å². The number of hydrogen-bond acceptors (Lipinski definition) is 1. The van der Waals surface area contributed by atoms with E-state index in [1.54, 1.807) is 0 Å². The summed E-state index contributed by atoms with van der Waals surface area (Å²) >= 11 is 5.81. The molecule has 0 saturated carbocycles. The molecule has 0 radical (unpaired) electrons. The highest BCUT2D eigenvalue weighted by molar-refractivity contribution is 6.30. The van der Waals surface area contributed by atoms with E-state index in [9.17, 15) is 9.18 Å². The van der Waals surface area contributed by atoms with E-state index in [0.29, 0.717) is 16.5 Å². The Balaban J connectivity index is 2.09. The van der Waals surface area contributed by atoms with Crippen molar-refractivity contribution in [2.75, 3.05) is 0 Å². The van der Waals surface area contributed by atoms with E-state index in [2.05, 4.69) is 6.92 Å². The second-order valence-electron chi connectivity index (χ2n) is 4.94. The van der Waals surface area contributed by atoms with Crippen molar-refractivity contribution >= 4 is 17.4 Å². The third-order valence-corrected chi connectivity index (χ3v) is 3.63. The molecule has 18 heavy (non-hydrogen) atoms. The monoisotopic (exact) mass is 266 g/mol. The van der Waals surface area contributed by atoms with Crippen LogP contribution in [0.4, 0.5) is 4.39 Å². The molecule has 0 heterocycles. The van der Waals surface area contributed by atoms with Crippen LogP contribution < -0.4 is 0 Å². The standard InChI is InChI=1S/C15H16ClFO/c1-10-2-4-11(5-3-10)15(18)9-12-8-13(16)6-7-14(12)17/h4,6-8,10H,2-3,5,9H2,1H3. The van der Waals surface area contributed by atoms with Gasteiger partial charge in [0.05, 0.1) is 0 Å². The van der Waals surface area contributed by atoms with Crippen LogP contribution in [0.15, 0.2) is 29.8 Å². The zero-order valence-corrected chi connectivity index (χ0v) is 11.1. The Morgan fingerprint density at radius 1 is 1.50 bits per heavy atom. The average molecular weight is 267 g/mol. The molecule has 0 aromatic heterocycles. The first-order valence-electron chi connectivity index (χ1n) is 6.22. The molecule has 1 atom stereocenters. The van der Waals surface area contributed by atoms with E-state index in [0.717, 1.165) is 24.8 Å². The Bertz CT molecular complexity index is 493. The van der Waals surface area contributed by atoms with Crippen LogP contribution in [0.2, 0.25) is 5.02 Å². The van der Waals surface area contributed by atoms with E-state index in [1.165, 1.54) is 18.2 Å². The molecule has 1 aromatic rings. The van der Waals surface area contributed by atoms with Gasteiger partial charge in [0, 0.05) is 11.4 Å². The fourth-order valence-electron chi connectivity index (χ4n) is 2.18. The molecule has 1 aromatic carbocycles. The Morgan fingerprint density at radius 3 is 2.94 bits per heavy atom. The third kappa shape index (κ3) is 3.20. The summed E-state index contributed by atoms with van der Waals surface area (Å²) in [6, 6.07) is 4.33. The topological polar surface area (TPSA) is 17.1 Å². The third-order valence-electron chi connectivity index (χ3n) is 3.39. The normalized spacial score (nSPS) is 19.5. The molecule has 1 unspecified atom stereocenters. The largest absolute Gasteiger partial charge is 0.294 e. The highest BCUT2D eigenvalue weighted by Crippen LogP contribution is 2.25. The zero-order valence-electron chi connectivity index (χ0n) is 10.4. The van der Waals surface area contributed by atoms with Crippen molar-refractivity contribution in [3.05, 3.63) is 46.3 Å². The summed E-state index contributed by atoms with van der Waals surface area (Å²) in [6.45, 7) is 2.17. The first-order chi connectivity index (χ1) is 8.56. The number of ketones is 1. The number of rotatable bonds is 3. The molecule has 0 amide bonds. The van der Waals surface area contributed by atoms with E-state index >= 15 is 0 Å². The Kier molecular flexibility index (Phi) is 4.18. The van der Waals surface area contributed by atoms with E-state index in [-0.39, 0.29) is 18.0 Å². The van der Waals surface area contributed by atoms with Crippen molar-refractivity contribution in [2.45, 2.75) is 32.6 Å². The van der Waals surface area contributed by atoms with E-state index < -0.39 is 0 Å². The van der Waals surface area contributed by atoms with Crippen molar-refractivity contribution in [1.29, 1.82) is 0 Å². The molecule has 0 fully saturated rings. The zero-order chi connectivity index (χ0) is 13.1. The number of hydrogen-bond donors (Lipinski definition) is 0. The first-order valence-corrected chi connectivity index (χ1v) is 6.60. The van der Waals surface area contributed by atoms with Gasteiger partial charge in [0.15, 0.2) is 5.78 Å². The SMILES string of the molecule is CC1CC=C(C(=O)Cc2cc(Cl)ccc2F)CC1. The second kappa shape index (κ2) is 5.66. The maximum atomic E-state index is 13.5. The maximum Gasteiger partial charge on any atom is 0.163 e. The van der Waals surface area contributed by atoms with Crippen LogP contribution in [-0.2, 0) is 11.2 Å². The molecule has 0 bridgehead atoms. The Morgan fingerprint density at radius 2 is 2.28 bits per heavy atom. The summed E-state index contributed by atoms with van der Waals surface area (Å²) < 4.78 is 13.5. The van der Waals surface area contributed by atoms with Crippen LogP contribution in [0.1, 0.15) is 31.7 Å². The molecule has 3 heteroatoms. The molecule has 2 rings (SSSR count). The van der Waals surface area contributed by atoms with Gasteiger partial charge >= 0.3 is 0 Å². The van der Waals surface area contributed by atoms with Gasteiger partial charge in [0.1, 0.15) is 5.82 Å². The lowest BCUT2D eigenvalue weighted by Gasteiger charge is -2.17. The minimum absolute atomic E-state index is 0.0167. The van der Waals surface area contributed by atoms with Crippen molar-refractivity contribution in [3.63, 3.8) is 0 Å². The van der Waals surface area contributed by atoms with Gasteiger partial charge in [-0.25, -0.2) is 4.39 Å². The first kappa shape index (κ1) is 13.3. The van der Waals surface area contributed by atoms with Gasteiger partial charge < -0.3 is 0 Å². The van der Waals surface area contributed by atoms with E-state index in [1.807, 2.05) is 6.08 Å². The summed E-state index contributed by atoms with van der Waals surface area (Å²) in [6.07, 6.45) is 4.89. The Labute approximate surface area is 112 Å². The summed E-state index contributed by atoms with van der Waals surface area (Å²) in [4.78, 5) is 12.1. The van der Waals surface area contributed by atoms with Crippen molar-refractivity contribution in [3.8, 4) is 0 Å². The number of carbonyl (C=O) groups is 1. The molecule has 0 aliphatic heterocycles. The highest BCUT2D eigenvalue weighted by atomic mass is 35.5. The van der Waals surface area contributed by atoms with Crippen LogP contribution in [0, 0.1) is 11.7 Å². The van der Waals surface area contributed by atoms with E-state index in [4.69, 9.17) is 11.6 Å². The lowest BCUT2D eigenvalue weighted by Crippen LogP contribution is -2.12. The Hall–Kier alpha value is -1.15. The summed E-state index contributed by atoms with van der Waals surface area (Å²) in [5.74, 6) is 0.296. The van der Waals surface area contributed by atoms with Gasteiger partial charge in [0.25, 0.3) is 0 Å². The summed E-state index contributed by atoms with van der Waals surface area (Å²) in [5.41, 5.74) is 1.22. The van der Waals surface area contributed by atoms with Gasteiger partial charge in [-0.05, 0) is 54.5 Å². The minimum atomic E-state index is -0.363. The molecular formula is C15H16ClFO. The fraction of sp³-hybridized carbons (Fsp3) is 0.400. The smallest absolute Gasteiger partial charge is 0.163 e. The van der Waals surface area contributed by atoms with Gasteiger partial charge in [0.2, 0.25) is 0 Å². The molecule has 0 spiro atoms. The van der Waals surface area contributed by atoms with Crippen LogP contribution in [0.25, 0.3) is 0 Å². The van der Waals surface area contributed by atoms with Gasteiger partial charge in [-0.3, -0.25) is 4.79 Å². The van der Waals surface area contributed by atoms with Crippen molar-refractivity contribution in [2.24, 2.45) is 5.92 Å². The lowest BCUT2D eigenvalue weighted by atomic mass is 9.88. The number of Topliss-reactive ketones (excluding diaryl/α,β-unsaturated/α-hetero) is 1. The minimum Gasteiger partial charge on any atom is -0.294 e. The van der Waals surface area contributed by atoms with Gasteiger partial charge in [-0.15, -0.1) is 0 Å². The number of carbonyl (C=O) groups excluding carboxylic acids is 1. The molecule has 1 aliphatic carbocycles. The maximum absolute atomic E-state index is 13.5. The molecule has 96 valence electrons. The molecule has 0 N–H and O–H groups in total. The van der Waals surface area contributed by atoms with Crippen molar-refractivity contribution in [1.82, 2.24) is 0 Å². The quantitative estimate of drug-likeness (QED) is 0.795. The molecule has 0 saturated heterocycles. The molecule has 1 nitrogen and oxygen atoms in total. The second-order valence-corrected chi connectivity index (χ2v) is 5.38. The van der Waals surface area contributed by atoms with Gasteiger partial charge in [-0.1, -0.05) is 24.6 Å². The molecular weight excluding hydrogens is 251 g/mol. The van der Waals surface area contributed by atoms with Crippen LogP contribution in [0.5, 0.6) is 0 Å². The summed E-state index contributed by atoms with van der Waals surface area (Å²) in [5, 5.41) is 0.463. The fourth-order valence-corrected chi connectivity index (χ4v) is 2.38. The molecule has 1 aliphatic rings. The van der Waals surface area contributed by atoms with Crippen molar-refractivity contribution < 1.29 is 9.18 Å². The van der Waals surface area contributed by atoms with Crippen LogP contribution in [0.3, 0.4) is 0 Å². The highest BCUT2D eigenvalue weighted by Gasteiger charge is 2.17. The van der Waals surface area contributed by atoms with Gasteiger partial charge in [-0.2, -0.15) is 0 Å². The predicted octanol–water partition coefficient (Wildman–Crippen LogP) is 4.34. The lowest BCUT2D eigenvalue weighted by molar-refractivity contribution is -0.115. The van der Waals surface area contributed by atoms with Crippen LogP contribution >= 0.6 is 11.6 Å². The predicted molar refractivity (Wildman–Crippen MR) is 71.2 cm³/mol. The average Bonchev–Trinajstić information content (AvgIpc) is 2.34. The summed E-state index contributed by atoms with van der Waals surface area (Å²) in [7, 11) is 0. The number of benzene rings is 1. The number of halogens is 2.